The summed E-state index contributed by atoms with van der Waals surface area (Å²) in [6.45, 7) is 6.50. The molecule has 1 aliphatic carbocycles. The number of esters is 3. The van der Waals surface area contributed by atoms with Crippen molar-refractivity contribution in [2.75, 3.05) is 21.0 Å². The highest BCUT2D eigenvalue weighted by atomic mass is 35.5. The molecule has 2 heterocycles. The van der Waals surface area contributed by atoms with E-state index in [2.05, 4.69) is 16.6 Å². The van der Waals surface area contributed by atoms with Crippen LogP contribution in [0.1, 0.15) is 63.5 Å². The second kappa shape index (κ2) is 17.9. The third kappa shape index (κ3) is 9.11. The van der Waals surface area contributed by atoms with Gasteiger partial charge in [-0.1, -0.05) is 47.5 Å². The van der Waals surface area contributed by atoms with Crippen molar-refractivity contribution >= 4 is 52.6 Å². The zero-order chi connectivity index (χ0) is 39.9. The summed E-state index contributed by atoms with van der Waals surface area (Å²) in [4.78, 5) is 61.2. The number of aliphatic hydroxyl groups is 1. The Labute approximate surface area is 320 Å². The summed E-state index contributed by atoms with van der Waals surface area (Å²) in [5, 5.41) is 26.5. The van der Waals surface area contributed by atoms with Gasteiger partial charge in [0.2, 0.25) is 5.78 Å². The van der Waals surface area contributed by atoms with Gasteiger partial charge in [0, 0.05) is 53.5 Å². The number of nitro benzene ring substituents is 1. The van der Waals surface area contributed by atoms with Gasteiger partial charge in [-0.15, -0.1) is 0 Å². The highest BCUT2D eigenvalue weighted by molar-refractivity contribution is 6.42. The Bertz CT molecular complexity index is 2090. The first-order chi connectivity index (χ1) is 25.7. The van der Waals surface area contributed by atoms with Crippen molar-refractivity contribution in [1.29, 1.82) is 0 Å². The first-order valence-corrected chi connectivity index (χ1v) is 17.1. The number of non-ortho nitro benzene ring substituents is 1. The van der Waals surface area contributed by atoms with Gasteiger partial charge in [0.25, 0.3) is 5.69 Å². The van der Waals surface area contributed by atoms with Crippen LogP contribution in [0.3, 0.4) is 0 Å². The fraction of sp³-hybridized carbons (Fsp3) is 0.316. The summed E-state index contributed by atoms with van der Waals surface area (Å²) in [5.74, 6) is -2.09. The number of nitrogens with zero attached hydrogens (tertiary/aromatic N) is 1. The minimum absolute atomic E-state index is 0.114. The number of rotatable bonds is 10. The van der Waals surface area contributed by atoms with Crippen molar-refractivity contribution in [2.45, 2.75) is 58.5 Å². The number of dihydropyridines is 2. The number of ketones is 1. The molecule has 2 atom stereocenters. The lowest BCUT2D eigenvalue weighted by Crippen LogP contribution is -2.32. The number of hydrogen-bond donors (Lipinski definition) is 3. The van der Waals surface area contributed by atoms with Crippen LogP contribution in [0, 0.1) is 22.1 Å². The average molecular weight is 783 g/mol. The number of aliphatic hydroxyl groups excluding tert-OH is 1. The standard InChI is InChI=1S/C19H17Cl2NO5.C19H20N2O6/c1-10-15(14(24)7-8-23)17(12-5-4-6-13(20)18(12)21)16(11(2)22-10)19(25)27-9-26-3;1-10-15(18(22)26-3)17(12-5-4-6-13(9-12)21(24)25)16(11(2)20-10)19(23)27-14-7-8-14/h4-6,17,22-23H,9H2,1-3H3;4-6,9,14,17,20H,7-8H2,1-3H3. The molecule has 2 aromatic carbocycles. The lowest BCUT2D eigenvalue weighted by molar-refractivity contribution is -0.384. The predicted octanol–water partition coefficient (Wildman–Crippen LogP) is 5.99. The van der Waals surface area contributed by atoms with Gasteiger partial charge in [0.05, 0.1) is 50.6 Å². The van der Waals surface area contributed by atoms with Gasteiger partial charge >= 0.3 is 17.9 Å². The fourth-order valence-electron chi connectivity index (χ4n) is 6.13. The lowest BCUT2D eigenvalue weighted by atomic mass is 9.79. The van der Waals surface area contributed by atoms with Crippen LogP contribution in [0.2, 0.25) is 10.0 Å². The van der Waals surface area contributed by atoms with Crippen LogP contribution in [0.4, 0.5) is 5.69 Å². The van der Waals surface area contributed by atoms with E-state index in [0.717, 1.165) is 12.8 Å². The number of benzene rings is 2. The predicted molar refractivity (Wildman–Crippen MR) is 196 cm³/mol. The molecule has 284 valence electrons. The molecular weight excluding hydrogens is 745 g/mol. The van der Waals surface area contributed by atoms with E-state index in [-0.39, 0.29) is 50.9 Å². The van der Waals surface area contributed by atoms with Crippen molar-refractivity contribution in [3.63, 3.8) is 0 Å². The summed E-state index contributed by atoms with van der Waals surface area (Å²) < 4.78 is 20.2. The Morgan fingerprint density at radius 3 is 1.98 bits per heavy atom. The SMILES string of the molecule is COC(=O)C1=C(C)NC(C)=C(C(=O)OC2CC2)C1c1cccc([N+](=O)[O-])c1.COCOC(=O)C1=C(C)NC(C)=C(C(=O)C#CO)C1c1cccc(Cl)c1Cl. The second-order valence-corrected chi connectivity index (χ2v) is 13.1. The summed E-state index contributed by atoms with van der Waals surface area (Å²) in [7, 11) is 2.63. The lowest BCUT2D eigenvalue weighted by Gasteiger charge is -2.30. The van der Waals surface area contributed by atoms with Crippen molar-refractivity contribution in [3.05, 3.63) is 119 Å². The average Bonchev–Trinajstić information content (AvgIpc) is 3.95. The molecule has 14 nitrogen and oxygen atoms in total. The Morgan fingerprint density at radius 1 is 0.852 bits per heavy atom. The van der Waals surface area contributed by atoms with E-state index in [9.17, 15) is 29.3 Å². The molecule has 2 unspecified atom stereocenters. The van der Waals surface area contributed by atoms with Crippen molar-refractivity contribution in [3.8, 4) is 12.0 Å². The van der Waals surface area contributed by atoms with E-state index in [1.165, 1.54) is 32.4 Å². The molecule has 0 bridgehead atoms. The molecule has 54 heavy (non-hydrogen) atoms. The molecule has 2 aromatic rings. The van der Waals surface area contributed by atoms with Crippen LogP contribution >= 0.6 is 23.2 Å². The molecule has 3 N–H and O–H groups in total. The number of allylic oxidation sites excluding steroid dienone is 5. The van der Waals surface area contributed by atoms with Gasteiger partial charge in [-0.25, -0.2) is 14.4 Å². The highest BCUT2D eigenvalue weighted by Crippen LogP contribution is 2.44. The molecule has 1 fully saturated rings. The van der Waals surface area contributed by atoms with Gasteiger partial charge in [0.15, 0.2) is 6.79 Å². The van der Waals surface area contributed by atoms with E-state index in [1.54, 1.807) is 58.1 Å². The third-order valence-corrected chi connectivity index (χ3v) is 9.43. The maximum Gasteiger partial charge on any atom is 0.338 e. The van der Waals surface area contributed by atoms with Crippen LogP contribution in [-0.4, -0.2) is 60.8 Å². The van der Waals surface area contributed by atoms with Crippen LogP contribution in [-0.2, 0) is 38.1 Å². The van der Waals surface area contributed by atoms with E-state index >= 15 is 0 Å². The first kappa shape index (κ1) is 41.1. The minimum Gasteiger partial charge on any atom is -0.466 e. The Hall–Kier alpha value is -5.62. The summed E-state index contributed by atoms with van der Waals surface area (Å²) in [6, 6.07) is 10.8. The van der Waals surface area contributed by atoms with Gasteiger partial charge < -0.3 is 34.7 Å². The summed E-state index contributed by atoms with van der Waals surface area (Å²) >= 11 is 12.5. The minimum atomic E-state index is -0.879. The molecule has 0 spiro atoms. The molecule has 1 saturated carbocycles. The number of carbonyl (C=O) groups excluding carboxylic acids is 4. The number of carbonyl (C=O) groups is 4. The number of ether oxygens (including phenoxy) is 4. The number of methoxy groups -OCH3 is 2. The molecular formula is C38H37Cl2N3O11. The highest BCUT2D eigenvalue weighted by Gasteiger charge is 2.41. The van der Waals surface area contributed by atoms with Crippen molar-refractivity contribution < 1.29 is 48.2 Å². The quantitative estimate of drug-likeness (QED) is 0.0637. The smallest absolute Gasteiger partial charge is 0.338 e. The number of hydrogen-bond acceptors (Lipinski definition) is 13. The Balaban J connectivity index is 0.000000241. The Morgan fingerprint density at radius 2 is 1.43 bits per heavy atom. The number of Topliss-reactive ketones (excluding diaryl/α,β-unsaturated/α-hetero) is 1. The number of halogens is 2. The van der Waals surface area contributed by atoms with Crippen LogP contribution in [0.5, 0.6) is 0 Å². The molecule has 2 aliphatic heterocycles. The largest absolute Gasteiger partial charge is 0.466 e. The third-order valence-electron chi connectivity index (χ3n) is 8.59. The van der Waals surface area contributed by atoms with Crippen LogP contribution in [0.15, 0.2) is 87.5 Å². The molecule has 16 heteroatoms. The van der Waals surface area contributed by atoms with E-state index < -0.39 is 40.5 Å². The van der Waals surface area contributed by atoms with Gasteiger partial charge in [-0.3, -0.25) is 14.9 Å². The van der Waals surface area contributed by atoms with Gasteiger partial charge in [-0.2, -0.15) is 0 Å². The number of nitrogens with one attached hydrogen (secondary N) is 2. The fourth-order valence-corrected chi connectivity index (χ4v) is 6.54. The molecule has 0 radical (unpaired) electrons. The molecule has 0 amide bonds. The monoisotopic (exact) mass is 781 g/mol. The van der Waals surface area contributed by atoms with E-state index in [1.807, 2.05) is 0 Å². The maximum atomic E-state index is 12.8. The molecule has 0 saturated heterocycles. The molecule has 3 aliphatic rings. The van der Waals surface area contributed by atoms with Crippen molar-refractivity contribution in [2.24, 2.45) is 0 Å². The molecule has 5 rings (SSSR count). The van der Waals surface area contributed by atoms with E-state index in [4.69, 9.17) is 47.3 Å². The zero-order valence-electron chi connectivity index (χ0n) is 30.1. The van der Waals surface area contributed by atoms with Crippen LogP contribution in [0.25, 0.3) is 0 Å². The maximum absolute atomic E-state index is 12.8. The van der Waals surface area contributed by atoms with Crippen molar-refractivity contribution in [1.82, 2.24) is 10.6 Å². The molecule has 0 aromatic heterocycles. The first-order valence-electron chi connectivity index (χ1n) is 16.4. The second-order valence-electron chi connectivity index (χ2n) is 12.3. The van der Waals surface area contributed by atoms with Gasteiger partial charge in [0.1, 0.15) is 12.2 Å². The Kier molecular flexibility index (Phi) is 13.7. The van der Waals surface area contributed by atoms with Gasteiger partial charge in [-0.05, 0) is 57.7 Å². The summed E-state index contributed by atoms with van der Waals surface area (Å²) in [5.41, 5.74) is 3.62. The number of nitro groups is 1. The zero-order valence-corrected chi connectivity index (χ0v) is 31.6. The normalized spacial score (nSPS) is 17.9. The topological polar surface area (TPSA) is 193 Å². The van der Waals surface area contributed by atoms with E-state index in [0.29, 0.717) is 33.9 Å². The summed E-state index contributed by atoms with van der Waals surface area (Å²) in [6.07, 6.45) is 3.11. The van der Waals surface area contributed by atoms with Crippen LogP contribution < -0.4 is 10.6 Å².